The lowest BCUT2D eigenvalue weighted by Gasteiger charge is -2.23. The Kier molecular flexibility index (Phi) is 6.32. The zero-order chi connectivity index (χ0) is 18.7. The van der Waals surface area contributed by atoms with Crippen molar-refractivity contribution in [3.05, 3.63) is 39.5 Å². The molecule has 1 aromatic rings. The molecular weight excluding hydrogens is 397 g/mol. The zero-order valence-corrected chi connectivity index (χ0v) is 16.3. The Morgan fingerprint density at radius 3 is 2.81 bits per heavy atom. The van der Waals surface area contributed by atoms with E-state index in [1.165, 1.54) is 23.1 Å². The number of halogens is 2. The van der Waals surface area contributed by atoms with Gasteiger partial charge < -0.3 is 4.74 Å². The van der Waals surface area contributed by atoms with Gasteiger partial charge in [-0.15, -0.1) is 0 Å². The van der Waals surface area contributed by atoms with E-state index in [4.69, 9.17) is 28.6 Å². The number of ether oxygens (including phenoxy) is 1. The summed E-state index contributed by atoms with van der Waals surface area (Å²) in [6.07, 6.45) is 6.25. The van der Waals surface area contributed by atoms with Crippen molar-refractivity contribution in [2.75, 3.05) is 6.54 Å². The number of carbonyl (C=O) groups is 2. The van der Waals surface area contributed by atoms with Gasteiger partial charge in [0.2, 0.25) is 0 Å². The number of hydrogen-bond acceptors (Lipinski definition) is 5. The fraction of sp³-hybridized carbons (Fsp3) is 0.389. The van der Waals surface area contributed by atoms with Crippen LogP contribution in [0.25, 0.3) is 6.08 Å². The van der Waals surface area contributed by atoms with E-state index in [1.807, 2.05) is 0 Å². The normalized spacial score (nSPS) is 20.1. The van der Waals surface area contributed by atoms with Gasteiger partial charge in [0.1, 0.15) is 22.8 Å². The van der Waals surface area contributed by atoms with Crippen LogP contribution in [0.5, 0.6) is 0 Å². The van der Waals surface area contributed by atoms with Gasteiger partial charge >= 0.3 is 5.97 Å². The first-order valence-corrected chi connectivity index (χ1v) is 9.95. The summed E-state index contributed by atoms with van der Waals surface area (Å²) in [6.45, 7) is -0.233. The molecule has 1 aliphatic heterocycles. The number of rotatable bonds is 4. The first-order chi connectivity index (χ1) is 12.5. The minimum absolute atomic E-state index is 0.0811. The summed E-state index contributed by atoms with van der Waals surface area (Å²) in [4.78, 5) is 26.1. The Hall–Kier alpha value is -1.44. The molecule has 2 aliphatic rings. The van der Waals surface area contributed by atoms with Crippen molar-refractivity contribution in [2.45, 2.75) is 38.2 Å². The van der Waals surface area contributed by atoms with Crippen molar-refractivity contribution >= 4 is 57.9 Å². The Balaban J connectivity index is 1.68. The van der Waals surface area contributed by atoms with Gasteiger partial charge in [0.25, 0.3) is 5.91 Å². The molecule has 1 saturated heterocycles. The highest BCUT2D eigenvalue weighted by Gasteiger charge is 2.34. The second-order valence-electron chi connectivity index (χ2n) is 6.15. The maximum Gasteiger partial charge on any atom is 0.326 e. The molecule has 0 aromatic heterocycles. The van der Waals surface area contributed by atoms with Crippen LogP contribution in [-0.4, -0.2) is 33.7 Å². The summed E-state index contributed by atoms with van der Waals surface area (Å²) < 4.78 is 19.6. The molecule has 0 bridgehead atoms. The van der Waals surface area contributed by atoms with Crippen molar-refractivity contribution in [1.82, 2.24) is 4.90 Å². The summed E-state index contributed by atoms with van der Waals surface area (Å²) in [5.74, 6) is -1.45. The van der Waals surface area contributed by atoms with E-state index in [-0.39, 0.29) is 32.5 Å². The van der Waals surface area contributed by atoms with Gasteiger partial charge in [-0.1, -0.05) is 48.1 Å². The number of esters is 1. The lowest BCUT2D eigenvalue weighted by Crippen LogP contribution is -2.36. The summed E-state index contributed by atoms with van der Waals surface area (Å²) in [6, 6.07) is 4.29. The number of amides is 1. The van der Waals surface area contributed by atoms with E-state index in [0.717, 1.165) is 43.9 Å². The average Bonchev–Trinajstić information content (AvgIpc) is 2.86. The molecule has 4 nitrogen and oxygen atoms in total. The minimum atomic E-state index is -0.528. The fourth-order valence-electron chi connectivity index (χ4n) is 2.95. The summed E-state index contributed by atoms with van der Waals surface area (Å²) in [7, 11) is 0. The molecule has 1 aromatic carbocycles. The van der Waals surface area contributed by atoms with Gasteiger partial charge in [-0.05, 0) is 43.9 Å². The zero-order valence-electron chi connectivity index (χ0n) is 13.9. The van der Waals surface area contributed by atoms with Crippen LogP contribution in [0, 0.1) is 5.82 Å². The van der Waals surface area contributed by atoms with Crippen molar-refractivity contribution in [3.63, 3.8) is 0 Å². The van der Waals surface area contributed by atoms with Crippen molar-refractivity contribution in [2.24, 2.45) is 0 Å². The molecule has 0 spiro atoms. The first kappa shape index (κ1) is 19.3. The largest absolute Gasteiger partial charge is 0.461 e. The molecule has 0 radical (unpaired) electrons. The molecule has 8 heteroatoms. The second-order valence-corrected chi connectivity index (χ2v) is 8.24. The third-order valence-electron chi connectivity index (χ3n) is 4.29. The highest BCUT2D eigenvalue weighted by atomic mass is 35.5. The summed E-state index contributed by atoms with van der Waals surface area (Å²) >= 11 is 12.2. The molecular formula is C18H17ClFNO3S2. The molecule has 0 atom stereocenters. The SMILES string of the molecule is O=C(CN1C(=O)/C(=C/c2c(F)cccc2Cl)SC1=S)OC1CCCCC1. The van der Waals surface area contributed by atoms with Crippen molar-refractivity contribution in [1.29, 1.82) is 0 Å². The fourth-order valence-corrected chi connectivity index (χ4v) is 4.41. The molecule has 1 aliphatic carbocycles. The predicted octanol–water partition coefficient (Wildman–Crippen LogP) is 4.56. The number of thioether (sulfide) groups is 1. The average molecular weight is 414 g/mol. The lowest BCUT2D eigenvalue weighted by molar-refractivity contribution is -0.152. The van der Waals surface area contributed by atoms with Crippen molar-refractivity contribution in [3.8, 4) is 0 Å². The second kappa shape index (κ2) is 8.50. The van der Waals surface area contributed by atoms with Crippen LogP contribution in [0.1, 0.15) is 37.7 Å². The van der Waals surface area contributed by atoms with Crippen LogP contribution < -0.4 is 0 Å². The molecule has 1 amide bonds. The summed E-state index contributed by atoms with van der Waals surface area (Å²) in [5, 5.41) is 0.201. The maximum atomic E-state index is 13.9. The smallest absolute Gasteiger partial charge is 0.326 e. The molecule has 26 heavy (non-hydrogen) atoms. The number of benzene rings is 1. The third kappa shape index (κ3) is 4.45. The quantitative estimate of drug-likeness (QED) is 0.411. The molecule has 138 valence electrons. The topological polar surface area (TPSA) is 46.6 Å². The number of carbonyl (C=O) groups excluding carboxylic acids is 2. The van der Waals surface area contributed by atoms with E-state index in [0.29, 0.717) is 0 Å². The molecule has 0 N–H and O–H groups in total. The first-order valence-electron chi connectivity index (χ1n) is 8.34. The maximum absolute atomic E-state index is 13.9. The Bertz CT molecular complexity index is 757. The van der Waals surface area contributed by atoms with Crippen LogP contribution in [-0.2, 0) is 14.3 Å². The Labute approximate surface area is 165 Å². The Morgan fingerprint density at radius 2 is 2.12 bits per heavy atom. The molecule has 0 unspecified atom stereocenters. The van der Waals surface area contributed by atoms with Crippen LogP contribution >= 0.6 is 35.6 Å². The van der Waals surface area contributed by atoms with Crippen LogP contribution in [0.4, 0.5) is 4.39 Å². The summed E-state index contributed by atoms with van der Waals surface area (Å²) in [5.41, 5.74) is 0.124. The molecule has 1 heterocycles. The minimum Gasteiger partial charge on any atom is -0.461 e. The highest BCUT2D eigenvalue weighted by Crippen LogP contribution is 2.34. The highest BCUT2D eigenvalue weighted by molar-refractivity contribution is 8.26. The standard InChI is InChI=1S/C18H17ClFNO3S2/c19-13-7-4-8-14(20)12(13)9-15-17(23)21(18(25)26-15)10-16(22)24-11-5-2-1-3-6-11/h4,7-9,11H,1-3,5-6,10H2/b15-9-. The van der Waals surface area contributed by atoms with Crippen molar-refractivity contribution < 1.29 is 18.7 Å². The van der Waals surface area contributed by atoms with Gasteiger partial charge in [0, 0.05) is 5.56 Å². The van der Waals surface area contributed by atoms with Gasteiger partial charge in [0.05, 0.1) is 9.93 Å². The van der Waals surface area contributed by atoms with E-state index in [9.17, 15) is 14.0 Å². The lowest BCUT2D eigenvalue weighted by atomic mass is 9.98. The Morgan fingerprint density at radius 1 is 1.38 bits per heavy atom. The van der Waals surface area contributed by atoms with E-state index in [2.05, 4.69) is 0 Å². The molecule has 3 rings (SSSR count). The molecule has 1 saturated carbocycles. The van der Waals surface area contributed by atoms with E-state index < -0.39 is 17.7 Å². The van der Waals surface area contributed by atoms with E-state index >= 15 is 0 Å². The van der Waals surface area contributed by atoms with Crippen LogP contribution in [0.3, 0.4) is 0 Å². The monoisotopic (exact) mass is 413 g/mol. The molecule has 2 fully saturated rings. The number of nitrogens with zero attached hydrogens (tertiary/aromatic N) is 1. The van der Waals surface area contributed by atoms with Gasteiger partial charge in [-0.3, -0.25) is 14.5 Å². The van der Waals surface area contributed by atoms with Crippen LogP contribution in [0.2, 0.25) is 5.02 Å². The van der Waals surface area contributed by atoms with Gasteiger partial charge in [0.15, 0.2) is 0 Å². The third-order valence-corrected chi connectivity index (χ3v) is 5.99. The van der Waals surface area contributed by atoms with Crippen LogP contribution in [0.15, 0.2) is 23.1 Å². The van der Waals surface area contributed by atoms with E-state index in [1.54, 1.807) is 6.07 Å². The number of thiocarbonyl (C=S) groups is 1. The predicted molar refractivity (Wildman–Crippen MR) is 104 cm³/mol. The number of hydrogen-bond donors (Lipinski definition) is 0. The van der Waals surface area contributed by atoms with Gasteiger partial charge in [-0.25, -0.2) is 4.39 Å². The van der Waals surface area contributed by atoms with Gasteiger partial charge in [-0.2, -0.15) is 0 Å².